The molecule has 0 fully saturated rings. The molecule has 0 saturated heterocycles. The van der Waals surface area contributed by atoms with Crippen molar-refractivity contribution >= 4 is 17.0 Å². The van der Waals surface area contributed by atoms with Crippen LogP contribution in [0.15, 0.2) is 48.8 Å². The van der Waals surface area contributed by atoms with E-state index in [0.717, 1.165) is 11.1 Å². The maximum absolute atomic E-state index is 11.2. The average Bonchev–Trinajstić information content (AvgIpc) is 2.83. The summed E-state index contributed by atoms with van der Waals surface area (Å²) >= 11 is 0. The molecule has 1 aromatic carbocycles. The molecule has 18 heavy (non-hydrogen) atoms. The zero-order valence-corrected chi connectivity index (χ0v) is 9.42. The van der Waals surface area contributed by atoms with Crippen molar-refractivity contribution in [2.24, 2.45) is 0 Å². The molecular weight excluding hydrogens is 228 g/mol. The van der Waals surface area contributed by atoms with E-state index in [4.69, 9.17) is 0 Å². The van der Waals surface area contributed by atoms with E-state index in [2.05, 4.69) is 9.97 Å². The van der Waals surface area contributed by atoms with Gasteiger partial charge in [-0.2, -0.15) is 0 Å². The van der Waals surface area contributed by atoms with E-state index in [-0.39, 0.29) is 5.56 Å². The van der Waals surface area contributed by atoms with Gasteiger partial charge in [-0.05, 0) is 17.2 Å². The number of nitrogens with zero attached hydrogens (tertiary/aromatic N) is 1. The summed E-state index contributed by atoms with van der Waals surface area (Å²) in [6.45, 7) is 0. The Kier molecular flexibility index (Phi) is 2.34. The first-order valence-corrected chi connectivity index (χ1v) is 5.52. The van der Waals surface area contributed by atoms with E-state index in [9.17, 15) is 9.90 Å². The number of pyridine rings is 1. The second-order valence-corrected chi connectivity index (χ2v) is 3.96. The lowest BCUT2D eigenvalue weighted by Gasteiger charge is -2.04. The molecule has 0 aliphatic rings. The fraction of sp³-hybridized carbons (Fsp3) is 0. The van der Waals surface area contributed by atoms with Gasteiger partial charge in [-0.25, -0.2) is 9.78 Å². The molecule has 0 amide bonds. The summed E-state index contributed by atoms with van der Waals surface area (Å²) in [6, 6.07) is 11.5. The van der Waals surface area contributed by atoms with Crippen molar-refractivity contribution in [1.29, 1.82) is 0 Å². The number of aromatic carboxylic acids is 1. The van der Waals surface area contributed by atoms with Gasteiger partial charge in [0.15, 0.2) is 0 Å². The lowest BCUT2D eigenvalue weighted by atomic mass is 10.0. The van der Waals surface area contributed by atoms with E-state index < -0.39 is 5.97 Å². The number of carboxylic acid groups (broad SMARTS) is 1. The third-order valence-electron chi connectivity index (χ3n) is 2.89. The van der Waals surface area contributed by atoms with Crippen LogP contribution in [0.5, 0.6) is 0 Å². The number of hydrogen-bond donors (Lipinski definition) is 2. The number of benzene rings is 1. The maximum Gasteiger partial charge on any atom is 0.337 e. The molecule has 0 bridgehead atoms. The molecule has 2 aromatic heterocycles. The SMILES string of the molecule is O=C(O)c1c[nH]c2nccc(-c3ccccc3)c12. The summed E-state index contributed by atoms with van der Waals surface area (Å²) in [4.78, 5) is 18.3. The van der Waals surface area contributed by atoms with E-state index in [1.165, 1.54) is 6.20 Å². The number of carbonyl (C=O) groups is 1. The lowest BCUT2D eigenvalue weighted by molar-refractivity contribution is 0.0699. The molecule has 0 saturated carbocycles. The van der Waals surface area contributed by atoms with Crippen LogP contribution < -0.4 is 0 Å². The Morgan fingerprint density at radius 1 is 1.17 bits per heavy atom. The van der Waals surface area contributed by atoms with Gasteiger partial charge in [-0.3, -0.25) is 0 Å². The minimum Gasteiger partial charge on any atom is -0.478 e. The number of carboxylic acids is 1. The van der Waals surface area contributed by atoms with Gasteiger partial charge in [0.25, 0.3) is 0 Å². The molecule has 0 radical (unpaired) electrons. The summed E-state index contributed by atoms with van der Waals surface area (Å²) in [5.74, 6) is -0.952. The number of rotatable bonds is 2. The maximum atomic E-state index is 11.2. The van der Waals surface area contributed by atoms with Gasteiger partial charge in [0.1, 0.15) is 5.65 Å². The van der Waals surface area contributed by atoms with Crippen molar-refractivity contribution in [3.63, 3.8) is 0 Å². The third-order valence-corrected chi connectivity index (χ3v) is 2.89. The standard InChI is InChI=1S/C14H10N2O2/c17-14(18)11-8-16-13-12(11)10(6-7-15-13)9-4-2-1-3-5-9/h1-8H,(H,15,16)(H,17,18). The summed E-state index contributed by atoms with van der Waals surface area (Å²) in [5.41, 5.74) is 2.69. The fourth-order valence-corrected chi connectivity index (χ4v) is 2.08. The Morgan fingerprint density at radius 2 is 1.94 bits per heavy atom. The molecule has 88 valence electrons. The Labute approximate surface area is 103 Å². The minimum absolute atomic E-state index is 0.247. The number of fused-ring (bicyclic) bond motifs is 1. The number of aromatic amines is 1. The van der Waals surface area contributed by atoms with Gasteiger partial charge >= 0.3 is 5.97 Å². The van der Waals surface area contributed by atoms with Gasteiger partial charge in [0, 0.05) is 17.8 Å². The highest BCUT2D eigenvalue weighted by Gasteiger charge is 2.15. The van der Waals surface area contributed by atoms with Crippen molar-refractivity contribution < 1.29 is 9.90 Å². The molecule has 3 aromatic rings. The van der Waals surface area contributed by atoms with Gasteiger partial charge in [-0.1, -0.05) is 30.3 Å². The fourth-order valence-electron chi connectivity index (χ4n) is 2.08. The largest absolute Gasteiger partial charge is 0.478 e. The first-order chi connectivity index (χ1) is 8.77. The highest BCUT2D eigenvalue weighted by atomic mass is 16.4. The summed E-state index contributed by atoms with van der Waals surface area (Å²) in [7, 11) is 0. The van der Waals surface area contributed by atoms with Crippen molar-refractivity contribution in [1.82, 2.24) is 9.97 Å². The Bertz CT molecular complexity index is 717. The van der Waals surface area contributed by atoms with Crippen molar-refractivity contribution in [3.05, 3.63) is 54.4 Å². The highest BCUT2D eigenvalue weighted by Crippen LogP contribution is 2.29. The van der Waals surface area contributed by atoms with Gasteiger partial charge < -0.3 is 10.1 Å². The molecule has 2 N–H and O–H groups in total. The van der Waals surface area contributed by atoms with E-state index in [0.29, 0.717) is 11.0 Å². The molecule has 3 rings (SSSR count). The average molecular weight is 238 g/mol. The lowest BCUT2D eigenvalue weighted by Crippen LogP contribution is -1.95. The minimum atomic E-state index is -0.952. The Hall–Kier alpha value is -2.62. The predicted octanol–water partition coefficient (Wildman–Crippen LogP) is 2.93. The van der Waals surface area contributed by atoms with E-state index in [1.807, 2.05) is 36.4 Å². The highest BCUT2D eigenvalue weighted by molar-refractivity contribution is 6.08. The quantitative estimate of drug-likeness (QED) is 0.721. The molecule has 0 unspecified atom stereocenters. The normalized spacial score (nSPS) is 10.7. The smallest absolute Gasteiger partial charge is 0.337 e. The van der Waals surface area contributed by atoms with Crippen LogP contribution in [0.3, 0.4) is 0 Å². The van der Waals surface area contributed by atoms with Crippen LogP contribution in [0.25, 0.3) is 22.2 Å². The molecule has 4 heteroatoms. The van der Waals surface area contributed by atoms with Crippen LogP contribution in [0.2, 0.25) is 0 Å². The molecule has 4 nitrogen and oxygen atoms in total. The number of hydrogen-bond acceptors (Lipinski definition) is 2. The van der Waals surface area contributed by atoms with Crippen LogP contribution >= 0.6 is 0 Å². The Morgan fingerprint density at radius 3 is 2.67 bits per heavy atom. The molecule has 0 aliphatic carbocycles. The van der Waals surface area contributed by atoms with Gasteiger partial charge in [-0.15, -0.1) is 0 Å². The van der Waals surface area contributed by atoms with Crippen molar-refractivity contribution in [2.75, 3.05) is 0 Å². The van der Waals surface area contributed by atoms with Crippen molar-refractivity contribution in [3.8, 4) is 11.1 Å². The summed E-state index contributed by atoms with van der Waals surface area (Å²) in [5, 5.41) is 9.84. The van der Waals surface area contributed by atoms with Crippen molar-refractivity contribution in [2.45, 2.75) is 0 Å². The monoisotopic (exact) mass is 238 g/mol. The molecule has 2 heterocycles. The first kappa shape index (κ1) is 10.5. The van der Waals surface area contributed by atoms with Crippen LogP contribution in [-0.2, 0) is 0 Å². The van der Waals surface area contributed by atoms with Gasteiger partial charge in [0.05, 0.1) is 5.56 Å². The van der Waals surface area contributed by atoms with Gasteiger partial charge in [0.2, 0.25) is 0 Å². The summed E-state index contributed by atoms with van der Waals surface area (Å²) < 4.78 is 0. The third kappa shape index (κ3) is 1.55. The second kappa shape index (κ2) is 4.00. The summed E-state index contributed by atoms with van der Waals surface area (Å²) in [6.07, 6.45) is 3.15. The number of H-pyrrole nitrogens is 1. The van der Waals surface area contributed by atoms with E-state index in [1.54, 1.807) is 6.20 Å². The molecule has 0 spiro atoms. The zero-order valence-electron chi connectivity index (χ0n) is 9.42. The number of aromatic nitrogens is 2. The molecule has 0 aliphatic heterocycles. The second-order valence-electron chi connectivity index (χ2n) is 3.96. The zero-order chi connectivity index (χ0) is 12.5. The number of nitrogens with one attached hydrogen (secondary N) is 1. The molecule has 0 atom stereocenters. The molecular formula is C14H10N2O2. The van der Waals surface area contributed by atoms with Crippen LogP contribution in [0.4, 0.5) is 0 Å². The topological polar surface area (TPSA) is 66.0 Å². The van der Waals surface area contributed by atoms with Crippen LogP contribution in [-0.4, -0.2) is 21.0 Å². The van der Waals surface area contributed by atoms with Crippen LogP contribution in [0.1, 0.15) is 10.4 Å². The predicted molar refractivity (Wildman–Crippen MR) is 68.5 cm³/mol. The Balaban J connectivity index is 2.36. The van der Waals surface area contributed by atoms with Crippen LogP contribution in [0, 0.1) is 0 Å². The van der Waals surface area contributed by atoms with E-state index >= 15 is 0 Å². The first-order valence-electron chi connectivity index (χ1n) is 5.52.